The fourth-order valence-corrected chi connectivity index (χ4v) is 3.11. The number of carboxylic acid groups (broad SMARTS) is 1. The first-order valence-electron chi connectivity index (χ1n) is 7.56. The highest BCUT2D eigenvalue weighted by molar-refractivity contribution is 5.97. The van der Waals surface area contributed by atoms with E-state index in [0.717, 1.165) is 36.9 Å². The first kappa shape index (κ1) is 13.9. The highest BCUT2D eigenvalue weighted by Gasteiger charge is 2.36. The summed E-state index contributed by atoms with van der Waals surface area (Å²) < 4.78 is 0. The summed E-state index contributed by atoms with van der Waals surface area (Å²) >= 11 is 0. The van der Waals surface area contributed by atoms with Gasteiger partial charge in [-0.2, -0.15) is 0 Å². The number of rotatable bonds is 3. The normalized spacial score (nSPS) is 17.3. The number of benzene rings is 1. The molecule has 21 heavy (non-hydrogen) atoms. The second-order valence-electron chi connectivity index (χ2n) is 5.66. The summed E-state index contributed by atoms with van der Waals surface area (Å²) in [7, 11) is 0. The van der Waals surface area contributed by atoms with E-state index >= 15 is 0 Å². The van der Waals surface area contributed by atoms with Gasteiger partial charge in [0, 0.05) is 24.8 Å². The minimum Gasteiger partial charge on any atom is -0.478 e. The minimum absolute atomic E-state index is 0.0171. The lowest BCUT2D eigenvalue weighted by molar-refractivity contribution is 0.0695. The lowest BCUT2D eigenvalue weighted by atomic mass is 9.96. The molecule has 0 aromatic heterocycles. The first-order valence-corrected chi connectivity index (χ1v) is 7.56. The van der Waals surface area contributed by atoms with Crippen molar-refractivity contribution >= 4 is 17.7 Å². The minimum atomic E-state index is -0.921. The van der Waals surface area contributed by atoms with Crippen LogP contribution in [0.2, 0.25) is 0 Å². The van der Waals surface area contributed by atoms with Crippen molar-refractivity contribution in [1.29, 1.82) is 0 Å². The number of carbonyl (C=O) groups excluding carboxylic acids is 1. The predicted molar refractivity (Wildman–Crippen MR) is 79.9 cm³/mol. The number of aromatic carboxylic acids is 1. The summed E-state index contributed by atoms with van der Waals surface area (Å²) in [5.74, 6) is -0.921. The second-order valence-corrected chi connectivity index (χ2v) is 5.66. The van der Waals surface area contributed by atoms with E-state index in [1.807, 2.05) is 17.9 Å². The highest BCUT2D eigenvalue weighted by Crippen LogP contribution is 2.33. The molecule has 1 aliphatic heterocycles. The maximum Gasteiger partial charge on any atom is 0.336 e. The average molecular weight is 288 g/mol. The molecule has 0 saturated heterocycles. The van der Waals surface area contributed by atoms with Gasteiger partial charge in [-0.25, -0.2) is 9.59 Å². The Hall–Kier alpha value is -2.04. The Morgan fingerprint density at radius 1 is 1.38 bits per heavy atom. The molecule has 2 amide bonds. The Morgan fingerprint density at radius 2 is 2.14 bits per heavy atom. The van der Waals surface area contributed by atoms with Crippen LogP contribution in [0.5, 0.6) is 0 Å². The molecule has 112 valence electrons. The summed E-state index contributed by atoms with van der Waals surface area (Å²) in [6, 6.07) is 5.59. The topological polar surface area (TPSA) is 60.9 Å². The van der Waals surface area contributed by atoms with Gasteiger partial charge in [0.1, 0.15) is 0 Å². The maximum atomic E-state index is 12.8. The van der Waals surface area contributed by atoms with Crippen LogP contribution in [-0.2, 0) is 6.42 Å². The number of hydrogen-bond donors (Lipinski definition) is 1. The largest absolute Gasteiger partial charge is 0.478 e. The Bertz CT molecular complexity index is 581. The Balaban J connectivity index is 1.95. The van der Waals surface area contributed by atoms with Crippen molar-refractivity contribution in [2.75, 3.05) is 18.0 Å². The highest BCUT2D eigenvalue weighted by atomic mass is 16.4. The molecule has 0 bridgehead atoms. The molecule has 1 aromatic carbocycles. The smallest absolute Gasteiger partial charge is 0.336 e. The maximum absolute atomic E-state index is 12.8. The number of anilines is 1. The fraction of sp³-hybridized carbons (Fsp3) is 0.500. The van der Waals surface area contributed by atoms with E-state index < -0.39 is 5.97 Å². The van der Waals surface area contributed by atoms with Gasteiger partial charge in [0.2, 0.25) is 0 Å². The van der Waals surface area contributed by atoms with E-state index in [0.29, 0.717) is 24.7 Å². The quantitative estimate of drug-likeness (QED) is 0.930. The SMILES string of the molecule is CCN(C(=O)N1CCCc2c(C(=O)O)cccc21)C1CC1. The van der Waals surface area contributed by atoms with E-state index in [2.05, 4.69) is 0 Å². The van der Waals surface area contributed by atoms with Gasteiger partial charge in [-0.1, -0.05) is 6.07 Å². The first-order chi connectivity index (χ1) is 10.1. The number of fused-ring (bicyclic) bond motifs is 1. The van der Waals surface area contributed by atoms with Crippen LogP contribution in [0, 0.1) is 0 Å². The number of amides is 2. The van der Waals surface area contributed by atoms with Crippen LogP contribution in [0.4, 0.5) is 10.5 Å². The van der Waals surface area contributed by atoms with E-state index in [1.54, 1.807) is 17.0 Å². The van der Waals surface area contributed by atoms with E-state index in [4.69, 9.17) is 0 Å². The van der Waals surface area contributed by atoms with Gasteiger partial charge in [0.05, 0.1) is 5.56 Å². The molecule has 3 rings (SSSR count). The van der Waals surface area contributed by atoms with Crippen molar-refractivity contribution in [3.05, 3.63) is 29.3 Å². The molecule has 5 nitrogen and oxygen atoms in total. The molecular formula is C16H20N2O3. The van der Waals surface area contributed by atoms with Crippen molar-refractivity contribution in [2.45, 2.75) is 38.6 Å². The van der Waals surface area contributed by atoms with Gasteiger partial charge in [-0.3, -0.25) is 4.90 Å². The van der Waals surface area contributed by atoms with Crippen molar-refractivity contribution in [3.8, 4) is 0 Å². The third-order valence-electron chi connectivity index (χ3n) is 4.29. The number of nitrogens with zero attached hydrogens (tertiary/aromatic N) is 2. The summed E-state index contributed by atoms with van der Waals surface area (Å²) in [6.07, 6.45) is 3.69. The zero-order valence-corrected chi connectivity index (χ0v) is 12.2. The van der Waals surface area contributed by atoms with Crippen LogP contribution < -0.4 is 4.90 Å². The molecule has 1 fully saturated rings. The van der Waals surface area contributed by atoms with Gasteiger partial charge < -0.3 is 10.0 Å². The standard InChI is InChI=1S/C16H20N2O3/c1-2-17(11-8-9-11)16(21)18-10-4-6-12-13(15(19)20)5-3-7-14(12)18/h3,5,7,11H,2,4,6,8-10H2,1H3,(H,19,20). The van der Waals surface area contributed by atoms with Crippen LogP contribution >= 0.6 is 0 Å². The van der Waals surface area contributed by atoms with Gasteiger partial charge in [-0.05, 0) is 50.3 Å². The van der Waals surface area contributed by atoms with Crippen molar-refractivity contribution in [1.82, 2.24) is 4.90 Å². The molecule has 1 aliphatic carbocycles. The van der Waals surface area contributed by atoms with Crippen molar-refractivity contribution < 1.29 is 14.7 Å². The number of urea groups is 1. The van der Waals surface area contributed by atoms with Crippen LogP contribution in [-0.4, -0.2) is 41.1 Å². The Labute approximate surface area is 124 Å². The van der Waals surface area contributed by atoms with Crippen LogP contribution in [0.25, 0.3) is 0 Å². The molecule has 0 spiro atoms. The third-order valence-corrected chi connectivity index (χ3v) is 4.29. The molecular weight excluding hydrogens is 268 g/mol. The molecule has 1 N–H and O–H groups in total. The molecule has 0 unspecified atom stereocenters. The molecule has 5 heteroatoms. The number of carboxylic acids is 1. The molecule has 1 aromatic rings. The molecule has 2 aliphatic rings. The Morgan fingerprint density at radius 3 is 2.76 bits per heavy atom. The van der Waals surface area contributed by atoms with Crippen LogP contribution in [0.1, 0.15) is 42.1 Å². The van der Waals surface area contributed by atoms with Gasteiger partial charge in [-0.15, -0.1) is 0 Å². The van der Waals surface area contributed by atoms with Crippen LogP contribution in [0.3, 0.4) is 0 Å². The van der Waals surface area contributed by atoms with Gasteiger partial charge in [0.25, 0.3) is 0 Å². The monoisotopic (exact) mass is 288 g/mol. The molecule has 1 saturated carbocycles. The zero-order valence-electron chi connectivity index (χ0n) is 12.2. The van der Waals surface area contributed by atoms with E-state index in [-0.39, 0.29) is 6.03 Å². The number of hydrogen-bond acceptors (Lipinski definition) is 2. The van der Waals surface area contributed by atoms with Crippen molar-refractivity contribution in [2.24, 2.45) is 0 Å². The fourth-order valence-electron chi connectivity index (χ4n) is 3.11. The summed E-state index contributed by atoms with van der Waals surface area (Å²) in [6.45, 7) is 3.36. The van der Waals surface area contributed by atoms with E-state index in [9.17, 15) is 14.7 Å². The van der Waals surface area contributed by atoms with Crippen LogP contribution in [0.15, 0.2) is 18.2 Å². The van der Waals surface area contributed by atoms with Gasteiger partial charge in [0.15, 0.2) is 0 Å². The lowest BCUT2D eigenvalue weighted by Crippen LogP contribution is -2.46. The lowest BCUT2D eigenvalue weighted by Gasteiger charge is -2.34. The number of carbonyl (C=O) groups is 2. The Kier molecular flexibility index (Phi) is 3.57. The predicted octanol–water partition coefficient (Wildman–Crippen LogP) is 2.74. The summed E-state index contributed by atoms with van der Waals surface area (Å²) in [5.41, 5.74) is 1.88. The van der Waals surface area contributed by atoms with Crippen molar-refractivity contribution in [3.63, 3.8) is 0 Å². The molecule has 0 atom stereocenters. The summed E-state index contributed by atoms with van der Waals surface area (Å²) in [5, 5.41) is 9.31. The second kappa shape index (κ2) is 5.39. The van der Waals surface area contributed by atoms with E-state index in [1.165, 1.54) is 0 Å². The summed E-state index contributed by atoms with van der Waals surface area (Å²) in [4.78, 5) is 27.8. The van der Waals surface area contributed by atoms with Gasteiger partial charge >= 0.3 is 12.0 Å². The zero-order chi connectivity index (χ0) is 15.0. The average Bonchev–Trinajstić information content (AvgIpc) is 3.31. The molecule has 0 radical (unpaired) electrons. The molecule has 1 heterocycles. The third kappa shape index (κ3) is 2.48.